The molecular formula is C19H27ClSi. The maximum absolute atomic E-state index is 6.86. The predicted octanol–water partition coefficient (Wildman–Crippen LogP) is 6.08. The van der Waals surface area contributed by atoms with E-state index >= 15 is 0 Å². The number of fused-ring (bicyclic) bond motifs is 2. The van der Waals surface area contributed by atoms with Crippen LogP contribution in [0.5, 0.6) is 0 Å². The van der Waals surface area contributed by atoms with Gasteiger partial charge >= 0.3 is 0 Å². The molecule has 1 aromatic carbocycles. The van der Waals surface area contributed by atoms with Gasteiger partial charge < -0.3 is 0 Å². The van der Waals surface area contributed by atoms with E-state index in [1.165, 1.54) is 37.7 Å². The number of allylic oxidation sites excluding steroid dienone is 2. The molecule has 0 saturated carbocycles. The summed E-state index contributed by atoms with van der Waals surface area (Å²) in [6.45, 7) is 9.26. The number of hydrogen-bond donors (Lipinski definition) is 0. The summed E-state index contributed by atoms with van der Waals surface area (Å²) in [5.41, 5.74) is 8.33. The molecule has 2 aliphatic carbocycles. The van der Waals surface area contributed by atoms with Crippen LogP contribution in [0.1, 0.15) is 60.9 Å². The Labute approximate surface area is 135 Å². The van der Waals surface area contributed by atoms with Crippen molar-refractivity contribution >= 4 is 24.0 Å². The van der Waals surface area contributed by atoms with Crippen molar-refractivity contribution in [3.63, 3.8) is 0 Å². The quantitative estimate of drug-likeness (QED) is 0.466. The van der Waals surface area contributed by atoms with Crippen LogP contribution in [0, 0.1) is 5.92 Å². The first-order chi connectivity index (χ1) is 9.91. The second-order valence-electron chi connectivity index (χ2n) is 7.42. The van der Waals surface area contributed by atoms with E-state index in [0.717, 1.165) is 0 Å². The largest absolute Gasteiger partial charge is 0.167 e. The summed E-state index contributed by atoms with van der Waals surface area (Å²) in [7, 11) is -1.72. The highest BCUT2D eigenvalue weighted by Gasteiger charge is 2.37. The third kappa shape index (κ3) is 2.75. The zero-order chi connectivity index (χ0) is 15.2. The number of benzene rings is 1. The number of halogens is 1. The van der Waals surface area contributed by atoms with Crippen molar-refractivity contribution in [1.29, 1.82) is 0 Å². The van der Waals surface area contributed by atoms with Gasteiger partial charge in [0.05, 0.1) is 0 Å². The third-order valence-electron chi connectivity index (χ3n) is 5.25. The molecule has 0 fully saturated rings. The fourth-order valence-electron chi connectivity index (χ4n) is 4.10. The number of hydrogen-bond acceptors (Lipinski definition) is 0. The highest BCUT2D eigenvalue weighted by molar-refractivity contribution is 7.20. The Kier molecular flexibility index (Phi) is 4.09. The smallest absolute Gasteiger partial charge is 0.161 e. The van der Waals surface area contributed by atoms with Gasteiger partial charge in [-0.3, -0.25) is 0 Å². The van der Waals surface area contributed by atoms with Crippen molar-refractivity contribution in [3.8, 4) is 0 Å². The second-order valence-corrected chi connectivity index (χ2v) is 14.1. The van der Waals surface area contributed by atoms with Crippen LogP contribution in [0.3, 0.4) is 0 Å². The van der Waals surface area contributed by atoms with Gasteiger partial charge in [-0.2, -0.15) is 11.1 Å². The fraction of sp³-hybridized carbons (Fsp3) is 0.579. The van der Waals surface area contributed by atoms with Crippen molar-refractivity contribution in [1.82, 2.24) is 0 Å². The normalized spacial score (nSPS) is 22.0. The molecule has 2 atom stereocenters. The average Bonchev–Trinajstić information content (AvgIpc) is 2.98. The number of rotatable bonds is 4. The molecule has 0 nitrogen and oxygen atoms in total. The highest BCUT2D eigenvalue weighted by atomic mass is 35.6. The van der Waals surface area contributed by atoms with E-state index in [2.05, 4.69) is 45.2 Å². The van der Waals surface area contributed by atoms with Gasteiger partial charge in [0.25, 0.3) is 0 Å². The van der Waals surface area contributed by atoms with Gasteiger partial charge in [-0.05, 0) is 59.4 Å². The van der Waals surface area contributed by atoms with Gasteiger partial charge in [-0.25, -0.2) is 0 Å². The Bertz CT molecular complexity index is 580. The summed E-state index contributed by atoms with van der Waals surface area (Å²) in [6.07, 6.45) is 8.92. The molecule has 2 unspecified atom stereocenters. The Hall–Kier alpha value is -0.533. The molecule has 2 heteroatoms. The molecule has 3 rings (SSSR count). The van der Waals surface area contributed by atoms with Crippen LogP contribution in [0.25, 0.3) is 5.57 Å². The van der Waals surface area contributed by atoms with Crippen molar-refractivity contribution in [2.45, 2.75) is 64.6 Å². The molecule has 0 heterocycles. The molecule has 21 heavy (non-hydrogen) atoms. The molecule has 0 saturated heterocycles. The molecule has 2 aliphatic rings. The maximum atomic E-state index is 6.86. The van der Waals surface area contributed by atoms with Crippen LogP contribution < -0.4 is 0 Å². The molecular weight excluding hydrogens is 292 g/mol. The minimum Gasteiger partial charge on any atom is -0.167 e. The summed E-state index contributed by atoms with van der Waals surface area (Å²) >= 11 is 6.86. The SMILES string of the molecule is CCCC(C)C1=CC([Si](C)(C)Cl)c2cc3c(cc21)CCC3. The lowest BCUT2D eigenvalue weighted by Gasteiger charge is -2.22. The summed E-state index contributed by atoms with van der Waals surface area (Å²) in [5, 5.41) is 0. The molecule has 0 aromatic heterocycles. The van der Waals surface area contributed by atoms with Crippen LogP contribution >= 0.6 is 11.1 Å². The predicted molar refractivity (Wildman–Crippen MR) is 96.6 cm³/mol. The van der Waals surface area contributed by atoms with Gasteiger partial charge in [0.2, 0.25) is 0 Å². The zero-order valence-electron chi connectivity index (χ0n) is 13.8. The van der Waals surface area contributed by atoms with E-state index in [1.807, 2.05) is 0 Å². The second kappa shape index (κ2) is 5.59. The molecule has 0 radical (unpaired) electrons. The third-order valence-corrected chi connectivity index (χ3v) is 7.91. The molecule has 0 N–H and O–H groups in total. The highest BCUT2D eigenvalue weighted by Crippen LogP contribution is 2.47. The maximum Gasteiger partial charge on any atom is 0.161 e. The van der Waals surface area contributed by atoms with Crippen molar-refractivity contribution in [3.05, 3.63) is 40.5 Å². The Morgan fingerprint density at radius 3 is 2.52 bits per heavy atom. The van der Waals surface area contributed by atoms with Gasteiger partial charge in [-0.1, -0.05) is 51.6 Å². The van der Waals surface area contributed by atoms with Crippen LogP contribution in [0.4, 0.5) is 0 Å². The first-order valence-electron chi connectivity index (χ1n) is 8.48. The molecule has 0 amide bonds. The van der Waals surface area contributed by atoms with Crippen LogP contribution in [-0.4, -0.2) is 7.38 Å². The minimum atomic E-state index is -1.72. The van der Waals surface area contributed by atoms with E-state index in [1.54, 1.807) is 22.3 Å². The van der Waals surface area contributed by atoms with E-state index in [9.17, 15) is 0 Å². The van der Waals surface area contributed by atoms with Crippen LogP contribution in [0.15, 0.2) is 18.2 Å². The summed E-state index contributed by atoms with van der Waals surface area (Å²) in [4.78, 5) is 0. The van der Waals surface area contributed by atoms with Crippen molar-refractivity contribution in [2.75, 3.05) is 0 Å². The van der Waals surface area contributed by atoms with Crippen LogP contribution in [-0.2, 0) is 12.8 Å². The topological polar surface area (TPSA) is 0 Å². The minimum absolute atomic E-state index is 0.495. The fourth-order valence-corrected chi connectivity index (χ4v) is 6.19. The first-order valence-corrected chi connectivity index (χ1v) is 12.6. The van der Waals surface area contributed by atoms with Crippen molar-refractivity contribution < 1.29 is 0 Å². The lowest BCUT2D eigenvalue weighted by molar-refractivity contribution is 0.650. The Morgan fingerprint density at radius 1 is 1.24 bits per heavy atom. The van der Waals surface area contributed by atoms with Gasteiger partial charge in [0.15, 0.2) is 7.38 Å². The van der Waals surface area contributed by atoms with E-state index < -0.39 is 7.38 Å². The number of aryl methyl sites for hydroxylation is 2. The van der Waals surface area contributed by atoms with Crippen LogP contribution in [0.2, 0.25) is 13.1 Å². The first kappa shape index (κ1) is 15.4. The molecule has 0 bridgehead atoms. The van der Waals surface area contributed by atoms with Gasteiger partial charge in [0.1, 0.15) is 0 Å². The van der Waals surface area contributed by atoms with E-state index in [0.29, 0.717) is 11.5 Å². The Morgan fingerprint density at radius 2 is 1.90 bits per heavy atom. The summed E-state index contributed by atoms with van der Waals surface area (Å²) in [6, 6.07) is 5.01. The molecule has 114 valence electrons. The zero-order valence-corrected chi connectivity index (χ0v) is 15.6. The van der Waals surface area contributed by atoms with E-state index in [-0.39, 0.29) is 0 Å². The molecule has 0 spiro atoms. The lowest BCUT2D eigenvalue weighted by Crippen LogP contribution is -2.26. The van der Waals surface area contributed by atoms with Gasteiger partial charge in [0, 0.05) is 5.54 Å². The van der Waals surface area contributed by atoms with Crippen molar-refractivity contribution in [2.24, 2.45) is 5.92 Å². The monoisotopic (exact) mass is 318 g/mol. The standard InChI is InChI=1S/C19H27ClSi/c1-5-7-13(2)16-12-19(21(3,4)20)18-11-15-9-6-8-14(15)10-17(16)18/h10-13,19H,5-9H2,1-4H3. The Balaban J connectivity index is 2.09. The summed E-state index contributed by atoms with van der Waals surface area (Å²) in [5.74, 6) is 0.659. The molecule has 0 aliphatic heterocycles. The summed E-state index contributed by atoms with van der Waals surface area (Å²) < 4.78 is 0. The van der Waals surface area contributed by atoms with Gasteiger partial charge in [-0.15, -0.1) is 0 Å². The lowest BCUT2D eigenvalue weighted by atomic mass is 9.90. The van der Waals surface area contributed by atoms with E-state index in [4.69, 9.17) is 11.1 Å². The molecule has 1 aromatic rings. The average molecular weight is 319 g/mol.